The number of carbonyl (C=O) groups is 2. The summed E-state index contributed by atoms with van der Waals surface area (Å²) in [7, 11) is 0. The minimum absolute atomic E-state index is 0.0293. The zero-order valence-electron chi connectivity index (χ0n) is 22.6. The van der Waals surface area contributed by atoms with Crippen molar-refractivity contribution in [1.82, 2.24) is 0 Å². The first-order chi connectivity index (χ1) is 16.1. The smallest absolute Gasteiger partial charge is 0.312 e. The maximum Gasteiger partial charge on any atom is 0.312 e. The molecule has 2 N–H and O–H groups in total. The molecule has 1 saturated heterocycles. The molecule has 11 atom stereocenters. The first kappa shape index (κ1) is 24.2. The average Bonchev–Trinajstić information content (AvgIpc) is 3.07. The number of ketones is 1. The van der Waals surface area contributed by atoms with Gasteiger partial charge < -0.3 is 14.9 Å². The molecule has 0 spiro atoms. The van der Waals surface area contributed by atoms with Gasteiger partial charge in [0.15, 0.2) is 5.78 Å². The van der Waals surface area contributed by atoms with E-state index in [2.05, 4.69) is 41.5 Å². The fourth-order valence-corrected chi connectivity index (χ4v) is 11.0. The molecule has 6 rings (SSSR count). The molecule has 0 aromatic heterocycles. The predicted octanol–water partition coefficient (Wildman–Crippen LogP) is 5.40. The van der Waals surface area contributed by atoms with Crippen LogP contribution in [-0.4, -0.2) is 40.3 Å². The standard InChI is InChI=1S/C30H44O5/c1-25(2)19-8-11-29(6)23(26(19,3)10-9-20(25)32)18(31)12-16-17-13-28(5,24(33)34)21-14-27(17,4)22(35-21)15-30(16,29)7/h12,17,19-23,32H,8-11,13-15H2,1-7H3,(H,33,34)/t17-,19+,20-,21+,22+,23+,26-,27-,28+,29+,30+/m0/s1. The van der Waals surface area contributed by atoms with Crippen molar-refractivity contribution in [1.29, 1.82) is 0 Å². The van der Waals surface area contributed by atoms with Gasteiger partial charge in [-0.2, -0.15) is 0 Å². The van der Waals surface area contributed by atoms with Crippen LogP contribution in [0.2, 0.25) is 0 Å². The highest BCUT2D eigenvalue weighted by Gasteiger charge is 2.74. The summed E-state index contributed by atoms with van der Waals surface area (Å²) in [6.45, 7) is 15.6. The van der Waals surface area contributed by atoms with Crippen LogP contribution in [0.25, 0.3) is 0 Å². The number of carboxylic acids is 1. The summed E-state index contributed by atoms with van der Waals surface area (Å²) in [6, 6.07) is 0. The van der Waals surface area contributed by atoms with E-state index in [0.717, 1.165) is 38.5 Å². The second-order valence-electron chi connectivity index (χ2n) is 15.2. The van der Waals surface area contributed by atoms with Crippen LogP contribution in [-0.2, 0) is 14.3 Å². The first-order valence-corrected chi connectivity index (χ1v) is 13.9. The number of aliphatic hydroxyl groups is 1. The van der Waals surface area contributed by atoms with Crippen LogP contribution < -0.4 is 0 Å². The number of allylic oxidation sites excluding steroid dienone is 2. The highest BCUT2D eigenvalue weighted by Crippen LogP contribution is 2.76. The Morgan fingerprint density at radius 1 is 0.943 bits per heavy atom. The van der Waals surface area contributed by atoms with Gasteiger partial charge in [-0.3, -0.25) is 9.59 Å². The van der Waals surface area contributed by atoms with E-state index in [4.69, 9.17) is 4.74 Å². The zero-order valence-corrected chi connectivity index (χ0v) is 22.6. The number of carbonyl (C=O) groups excluding carboxylic acids is 1. The molecule has 5 nitrogen and oxygen atoms in total. The third-order valence-electron chi connectivity index (χ3n) is 13.5. The van der Waals surface area contributed by atoms with E-state index in [9.17, 15) is 19.8 Å². The summed E-state index contributed by atoms with van der Waals surface area (Å²) in [6.07, 6.45) is 7.23. The number of hydrogen-bond donors (Lipinski definition) is 2. The molecule has 1 aliphatic heterocycles. The Hall–Kier alpha value is -1.20. The molecule has 35 heavy (non-hydrogen) atoms. The third kappa shape index (κ3) is 2.53. The van der Waals surface area contributed by atoms with Gasteiger partial charge >= 0.3 is 5.97 Å². The van der Waals surface area contributed by atoms with Gasteiger partial charge in [0.1, 0.15) is 0 Å². The monoisotopic (exact) mass is 484 g/mol. The second-order valence-corrected chi connectivity index (χ2v) is 15.2. The first-order valence-electron chi connectivity index (χ1n) is 13.9. The van der Waals surface area contributed by atoms with Crippen molar-refractivity contribution in [3.05, 3.63) is 11.6 Å². The lowest BCUT2D eigenvalue weighted by Crippen LogP contribution is -2.67. The number of aliphatic carboxylic acids is 1. The van der Waals surface area contributed by atoms with Crippen molar-refractivity contribution in [3.63, 3.8) is 0 Å². The van der Waals surface area contributed by atoms with Crippen molar-refractivity contribution in [2.75, 3.05) is 0 Å². The molecule has 5 fully saturated rings. The molecular formula is C30H44O5. The van der Waals surface area contributed by atoms with Crippen LogP contribution in [0.5, 0.6) is 0 Å². The van der Waals surface area contributed by atoms with Crippen LogP contribution in [0.15, 0.2) is 11.6 Å². The van der Waals surface area contributed by atoms with Crippen LogP contribution in [0.1, 0.15) is 93.4 Å². The van der Waals surface area contributed by atoms with Crippen molar-refractivity contribution in [2.45, 2.75) is 112 Å². The number of aliphatic hydroxyl groups excluding tert-OH is 1. The lowest BCUT2D eigenvalue weighted by atomic mass is 9.33. The predicted molar refractivity (Wildman–Crippen MR) is 132 cm³/mol. The normalized spacial score (nSPS) is 58.1. The van der Waals surface area contributed by atoms with E-state index < -0.39 is 11.4 Å². The molecule has 194 valence electrons. The maximum absolute atomic E-state index is 14.3. The molecule has 6 aliphatic rings. The Morgan fingerprint density at radius 2 is 1.63 bits per heavy atom. The summed E-state index contributed by atoms with van der Waals surface area (Å²) in [5.41, 5.74) is -0.570. The molecule has 5 aliphatic carbocycles. The average molecular weight is 485 g/mol. The second kappa shape index (κ2) is 6.62. The third-order valence-corrected chi connectivity index (χ3v) is 13.5. The summed E-state index contributed by atoms with van der Waals surface area (Å²) in [4.78, 5) is 26.7. The molecular weight excluding hydrogens is 440 g/mol. The van der Waals surface area contributed by atoms with E-state index in [1.54, 1.807) is 0 Å². The Labute approximate surface area is 210 Å². The van der Waals surface area contributed by atoms with Gasteiger partial charge in [0, 0.05) is 11.3 Å². The molecule has 5 heteroatoms. The van der Waals surface area contributed by atoms with Gasteiger partial charge in [0.25, 0.3) is 0 Å². The number of rotatable bonds is 1. The van der Waals surface area contributed by atoms with Crippen molar-refractivity contribution in [3.8, 4) is 0 Å². The van der Waals surface area contributed by atoms with E-state index in [0.29, 0.717) is 12.3 Å². The van der Waals surface area contributed by atoms with Gasteiger partial charge in [0.05, 0.1) is 23.7 Å². The number of carboxylic acid groups (broad SMARTS) is 1. The van der Waals surface area contributed by atoms with Crippen molar-refractivity contribution < 1.29 is 24.5 Å². The minimum Gasteiger partial charge on any atom is -0.481 e. The highest BCUT2D eigenvalue weighted by atomic mass is 16.5. The van der Waals surface area contributed by atoms with Gasteiger partial charge in [-0.05, 0) is 91.4 Å². The van der Waals surface area contributed by atoms with E-state index in [1.807, 2.05) is 13.0 Å². The molecule has 0 aromatic rings. The summed E-state index contributed by atoms with van der Waals surface area (Å²) in [5.74, 6) is -0.241. The van der Waals surface area contributed by atoms with Gasteiger partial charge in [-0.25, -0.2) is 0 Å². The lowest BCUT2D eigenvalue weighted by Gasteiger charge is -2.70. The fraction of sp³-hybridized carbons (Fsp3) is 0.867. The zero-order chi connectivity index (χ0) is 25.6. The SMILES string of the molecule is CC1(C)[C@H]2CC[C@]3(C)[C@H](C(=O)C=C4[C@@H]5C[C@@](C)(C(=O)O)[C@H]6C[C@]5(C)[C@@H](C[C@]43C)O6)[C@@]2(C)CC[C@@H]1O. The van der Waals surface area contributed by atoms with Crippen molar-refractivity contribution in [2.24, 2.45) is 50.2 Å². The number of hydrogen-bond acceptors (Lipinski definition) is 4. The quantitative estimate of drug-likeness (QED) is 0.521. The molecule has 2 bridgehead atoms. The summed E-state index contributed by atoms with van der Waals surface area (Å²) >= 11 is 0. The van der Waals surface area contributed by atoms with E-state index in [1.165, 1.54) is 5.57 Å². The van der Waals surface area contributed by atoms with Crippen LogP contribution >= 0.6 is 0 Å². The van der Waals surface area contributed by atoms with Crippen LogP contribution in [0, 0.1) is 50.2 Å². The summed E-state index contributed by atoms with van der Waals surface area (Å²) < 4.78 is 6.65. The topological polar surface area (TPSA) is 83.8 Å². The van der Waals surface area contributed by atoms with E-state index >= 15 is 0 Å². The number of fused-ring (bicyclic) bond motifs is 7. The Kier molecular flexibility index (Phi) is 4.57. The molecule has 0 amide bonds. The Morgan fingerprint density at radius 3 is 2.29 bits per heavy atom. The maximum atomic E-state index is 14.3. The van der Waals surface area contributed by atoms with Gasteiger partial charge in [-0.15, -0.1) is 0 Å². The Balaban J connectivity index is 1.50. The molecule has 0 unspecified atom stereocenters. The van der Waals surface area contributed by atoms with Gasteiger partial charge in [0.2, 0.25) is 0 Å². The molecule has 4 saturated carbocycles. The minimum atomic E-state index is -0.918. The van der Waals surface area contributed by atoms with Crippen LogP contribution in [0.3, 0.4) is 0 Å². The fourth-order valence-electron chi connectivity index (χ4n) is 11.0. The molecule has 0 aromatic carbocycles. The molecule has 0 radical (unpaired) electrons. The molecule has 1 heterocycles. The van der Waals surface area contributed by atoms with Crippen LogP contribution in [0.4, 0.5) is 0 Å². The summed E-state index contributed by atoms with van der Waals surface area (Å²) in [5, 5.41) is 21.1. The Bertz CT molecular complexity index is 1050. The van der Waals surface area contributed by atoms with Crippen molar-refractivity contribution >= 4 is 11.8 Å². The lowest BCUT2D eigenvalue weighted by molar-refractivity contribution is -0.205. The highest BCUT2D eigenvalue weighted by molar-refractivity contribution is 5.95. The number of ether oxygens (including phenoxy) is 1. The van der Waals surface area contributed by atoms with E-state index in [-0.39, 0.29) is 63.0 Å². The largest absolute Gasteiger partial charge is 0.481 e. The van der Waals surface area contributed by atoms with Gasteiger partial charge in [-0.1, -0.05) is 47.1 Å².